The second kappa shape index (κ2) is 4.67. The van der Waals surface area contributed by atoms with E-state index < -0.39 is 0 Å². The summed E-state index contributed by atoms with van der Waals surface area (Å²) in [4.78, 5) is 34.6. The van der Waals surface area contributed by atoms with Gasteiger partial charge < -0.3 is 4.98 Å². The minimum absolute atomic E-state index is 0.0949. The number of H-pyrrole nitrogens is 1. The average Bonchev–Trinajstić information content (AvgIpc) is 2.76. The van der Waals surface area contributed by atoms with Crippen LogP contribution in [0.4, 0.5) is 0 Å². The van der Waals surface area contributed by atoms with Crippen molar-refractivity contribution >= 4 is 5.91 Å². The molecule has 17 heavy (non-hydrogen) atoms. The van der Waals surface area contributed by atoms with Gasteiger partial charge >= 0.3 is 5.69 Å². The summed E-state index contributed by atoms with van der Waals surface area (Å²) in [5, 5.41) is 1.38. The Morgan fingerprint density at radius 1 is 1.53 bits per heavy atom. The predicted molar refractivity (Wildman–Crippen MR) is 60.3 cm³/mol. The monoisotopic (exact) mass is 237 g/mol. The van der Waals surface area contributed by atoms with Crippen LogP contribution in [0.25, 0.3) is 0 Å². The van der Waals surface area contributed by atoms with Gasteiger partial charge in [-0.05, 0) is 20.3 Å². The van der Waals surface area contributed by atoms with Crippen LogP contribution in [0.1, 0.15) is 23.4 Å². The number of carbonyl (C=O) groups excluding carboxylic acids is 1. The first-order valence-electron chi connectivity index (χ1n) is 5.57. The molecule has 0 atom stereocenters. The molecule has 92 valence electrons. The van der Waals surface area contributed by atoms with E-state index in [1.54, 1.807) is 13.8 Å². The summed E-state index contributed by atoms with van der Waals surface area (Å²) in [7, 11) is 0. The molecule has 1 N–H and O–H groups in total. The van der Waals surface area contributed by atoms with Crippen molar-refractivity contribution in [3.8, 4) is 0 Å². The molecule has 1 aromatic rings. The number of aryl methyl sites for hydroxylation is 2. The second-order valence-corrected chi connectivity index (χ2v) is 4.09. The number of hydroxylamine groups is 2. The SMILES string of the molecule is Cc1nc(=O)[nH]c(C)c1CC(=O)N1CCCO1. The highest BCUT2D eigenvalue weighted by molar-refractivity contribution is 5.78. The highest BCUT2D eigenvalue weighted by atomic mass is 16.7. The number of rotatable bonds is 2. The highest BCUT2D eigenvalue weighted by Crippen LogP contribution is 2.12. The zero-order valence-corrected chi connectivity index (χ0v) is 9.95. The zero-order chi connectivity index (χ0) is 12.4. The lowest BCUT2D eigenvalue weighted by molar-refractivity contribution is -0.167. The van der Waals surface area contributed by atoms with Crippen LogP contribution in [0, 0.1) is 13.8 Å². The Hall–Kier alpha value is -1.69. The molecule has 2 heterocycles. The molecule has 1 amide bonds. The normalized spacial score (nSPS) is 15.3. The van der Waals surface area contributed by atoms with Crippen LogP contribution in [0.2, 0.25) is 0 Å². The van der Waals surface area contributed by atoms with Crippen molar-refractivity contribution in [1.29, 1.82) is 0 Å². The molecule has 1 aliphatic heterocycles. The summed E-state index contributed by atoms with van der Waals surface area (Å²) in [5.74, 6) is -0.0949. The number of carbonyl (C=O) groups is 1. The van der Waals surface area contributed by atoms with Crippen LogP contribution in [-0.2, 0) is 16.1 Å². The number of amides is 1. The van der Waals surface area contributed by atoms with Crippen molar-refractivity contribution in [3.63, 3.8) is 0 Å². The molecule has 0 spiro atoms. The lowest BCUT2D eigenvalue weighted by atomic mass is 10.1. The van der Waals surface area contributed by atoms with Gasteiger partial charge in [-0.2, -0.15) is 4.98 Å². The average molecular weight is 237 g/mol. The van der Waals surface area contributed by atoms with Gasteiger partial charge in [-0.3, -0.25) is 9.63 Å². The largest absolute Gasteiger partial charge is 0.345 e. The van der Waals surface area contributed by atoms with Crippen molar-refractivity contribution in [3.05, 3.63) is 27.4 Å². The lowest BCUT2D eigenvalue weighted by Gasteiger charge is -2.15. The summed E-state index contributed by atoms with van der Waals surface area (Å²) in [5.41, 5.74) is 1.67. The Bertz CT molecular complexity index is 463. The number of nitrogens with one attached hydrogen (secondary N) is 1. The maximum absolute atomic E-state index is 11.9. The third kappa shape index (κ3) is 2.52. The Morgan fingerprint density at radius 2 is 2.29 bits per heavy atom. The fourth-order valence-electron chi connectivity index (χ4n) is 1.90. The van der Waals surface area contributed by atoms with Crippen molar-refractivity contribution in [1.82, 2.24) is 15.0 Å². The van der Waals surface area contributed by atoms with E-state index in [1.807, 2.05) is 0 Å². The summed E-state index contributed by atoms with van der Waals surface area (Å²) in [6.07, 6.45) is 1.08. The number of aromatic nitrogens is 2. The smallest absolute Gasteiger partial charge is 0.310 e. The van der Waals surface area contributed by atoms with Gasteiger partial charge in [0.05, 0.1) is 19.6 Å². The summed E-state index contributed by atoms with van der Waals surface area (Å²) < 4.78 is 0. The van der Waals surface area contributed by atoms with Gasteiger partial charge in [-0.15, -0.1) is 0 Å². The zero-order valence-electron chi connectivity index (χ0n) is 9.95. The minimum atomic E-state index is -0.381. The molecule has 0 aliphatic carbocycles. The Labute approximate surface area is 98.6 Å². The van der Waals surface area contributed by atoms with E-state index in [4.69, 9.17) is 4.84 Å². The molecule has 0 bridgehead atoms. The minimum Gasteiger partial charge on any atom is -0.310 e. The van der Waals surface area contributed by atoms with Crippen molar-refractivity contribution in [2.45, 2.75) is 26.7 Å². The van der Waals surface area contributed by atoms with Crippen LogP contribution in [0.3, 0.4) is 0 Å². The quantitative estimate of drug-likeness (QED) is 0.791. The van der Waals surface area contributed by atoms with Crippen molar-refractivity contribution in [2.75, 3.05) is 13.2 Å². The Balaban J connectivity index is 2.18. The molecule has 0 saturated carbocycles. The summed E-state index contributed by atoms with van der Waals surface area (Å²) in [6.45, 7) is 4.72. The fraction of sp³-hybridized carbons (Fsp3) is 0.545. The maximum Gasteiger partial charge on any atom is 0.345 e. The van der Waals surface area contributed by atoms with Crippen molar-refractivity contribution < 1.29 is 9.63 Å². The Kier molecular flexibility index (Phi) is 3.23. The topological polar surface area (TPSA) is 75.3 Å². The molecule has 0 radical (unpaired) electrons. The van der Waals surface area contributed by atoms with Crippen LogP contribution < -0.4 is 5.69 Å². The molecule has 6 heteroatoms. The Morgan fingerprint density at radius 3 is 2.88 bits per heavy atom. The predicted octanol–water partition coefficient (Wildman–Crippen LogP) is 0.0931. The molecule has 0 aromatic carbocycles. The van der Waals surface area contributed by atoms with E-state index in [2.05, 4.69) is 9.97 Å². The van der Waals surface area contributed by atoms with Gasteiger partial charge in [-0.1, -0.05) is 0 Å². The third-order valence-corrected chi connectivity index (χ3v) is 2.81. The van der Waals surface area contributed by atoms with E-state index in [-0.39, 0.29) is 18.0 Å². The maximum atomic E-state index is 11.9. The van der Waals surface area contributed by atoms with Crippen molar-refractivity contribution in [2.24, 2.45) is 0 Å². The number of aromatic amines is 1. The van der Waals surface area contributed by atoms with E-state index in [0.29, 0.717) is 24.5 Å². The molecule has 0 unspecified atom stereocenters. The highest BCUT2D eigenvalue weighted by Gasteiger charge is 2.21. The van der Waals surface area contributed by atoms with Crippen LogP contribution >= 0.6 is 0 Å². The fourth-order valence-corrected chi connectivity index (χ4v) is 1.90. The van der Waals surface area contributed by atoms with Crippen LogP contribution in [-0.4, -0.2) is 34.1 Å². The molecule has 2 rings (SSSR count). The van der Waals surface area contributed by atoms with E-state index in [9.17, 15) is 9.59 Å². The van der Waals surface area contributed by atoms with Gasteiger partial charge in [0, 0.05) is 17.0 Å². The second-order valence-electron chi connectivity index (χ2n) is 4.09. The molecule has 1 aliphatic rings. The molecule has 6 nitrogen and oxygen atoms in total. The van der Waals surface area contributed by atoms with Gasteiger partial charge in [0.25, 0.3) is 5.91 Å². The van der Waals surface area contributed by atoms with Gasteiger partial charge in [-0.25, -0.2) is 9.86 Å². The lowest BCUT2D eigenvalue weighted by Crippen LogP contribution is -2.29. The first kappa shape index (κ1) is 11.8. The number of hydrogen-bond donors (Lipinski definition) is 1. The van der Waals surface area contributed by atoms with Crippen LogP contribution in [0.15, 0.2) is 4.79 Å². The first-order chi connectivity index (χ1) is 8.08. The number of nitrogens with zero attached hydrogens (tertiary/aromatic N) is 2. The molecular weight excluding hydrogens is 222 g/mol. The summed E-state index contributed by atoms with van der Waals surface area (Å²) >= 11 is 0. The standard InChI is InChI=1S/C11H15N3O3/c1-7-9(8(2)13-11(16)12-7)6-10(15)14-4-3-5-17-14/h3-6H2,1-2H3,(H,12,13,16). The van der Waals surface area contributed by atoms with Gasteiger partial charge in [0.1, 0.15) is 0 Å². The molecular formula is C11H15N3O3. The van der Waals surface area contributed by atoms with Crippen LogP contribution in [0.5, 0.6) is 0 Å². The molecule has 1 saturated heterocycles. The van der Waals surface area contributed by atoms with E-state index in [0.717, 1.165) is 12.0 Å². The van der Waals surface area contributed by atoms with E-state index in [1.165, 1.54) is 5.06 Å². The van der Waals surface area contributed by atoms with Gasteiger partial charge in [0.15, 0.2) is 0 Å². The van der Waals surface area contributed by atoms with Gasteiger partial charge in [0.2, 0.25) is 0 Å². The third-order valence-electron chi connectivity index (χ3n) is 2.81. The molecule has 1 aromatic heterocycles. The first-order valence-corrected chi connectivity index (χ1v) is 5.57. The summed E-state index contributed by atoms with van der Waals surface area (Å²) in [6, 6.07) is 0. The number of hydrogen-bond acceptors (Lipinski definition) is 4. The molecule has 1 fully saturated rings. The van der Waals surface area contributed by atoms with E-state index >= 15 is 0 Å².